The van der Waals surface area contributed by atoms with Gasteiger partial charge in [-0.15, -0.1) is 0 Å². The fourth-order valence-electron chi connectivity index (χ4n) is 1.89. The van der Waals surface area contributed by atoms with Gasteiger partial charge in [0.05, 0.1) is 66.1 Å². The highest BCUT2D eigenvalue weighted by Gasteiger charge is 2.07. The molecule has 0 bridgehead atoms. The predicted octanol–water partition coefficient (Wildman–Crippen LogP) is -1.43. The largest absolute Gasteiger partial charge is 0.377 e. The van der Waals surface area contributed by atoms with E-state index in [4.69, 9.17) is 28.4 Å². The topological polar surface area (TPSA) is 59.8 Å². The molecule has 0 aromatic heterocycles. The standard InChI is InChI=1S/C14H29NO6/c1-16-14-15-2-4-17-6-8-19-10-12-21-13-11-20-9-7-18-5-3-15/h2-14H2,1H3/p+1. The van der Waals surface area contributed by atoms with Crippen molar-refractivity contribution in [3.8, 4) is 0 Å². The molecular weight excluding hydrogens is 278 g/mol. The van der Waals surface area contributed by atoms with Crippen molar-refractivity contribution in [1.29, 1.82) is 0 Å². The second-order valence-corrected chi connectivity index (χ2v) is 4.74. The molecule has 0 aromatic rings. The molecule has 1 aliphatic rings. The molecule has 1 fully saturated rings. The van der Waals surface area contributed by atoms with Gasteiger partial charge in [0.15, 0.2) is 6.73 Å². The summed E-state index contributed by atoms with van der Waals surface area (Å²) in [6, 6.07) is 0. The molecule has 0 spiro atoms. The van der Waals surface area contributed by atoms with Crippen molar-refractivity contribution < 1.29 is 33.3 Å². The van der Waals surface area contributed by atoms with E-state index in [9.17, 15) is 0 Å². The van der Waals surface area contributed by atoms with E-state index < -0.39 is 0 Å². The molecule has 0 aliphatic carbocycles. The molecule has 0 unspecified atom stereocenters. The van der Waals surface area contributed by atoms with Gasteiger partial charge in [0, 0.05) is 7.11 Å². The minimum atomic E-state index is 0.589. The van der Waals surface area contributed by atoms with Gasteiger partial charge < -0.3 is 33.3 Å². The first-order chi connectivity index (χ1) is 10.4. The maximum Gasteiger partial charge on any atom is 0.181 e. The SMILES string of the molecule is COC[NH+]1CCOCCOCCOCCOCCOCC1. The van der Waals surface area contributed by atoms with Crippen molar-refractivity contribution >= 4 is 0 Å². The van der Waals surface area contributed by atoms with E-state index in [1.54, 1.807) is 7.11 Å². The summed E-state index contributed by atoms with van der Waals surface area (Å²) in [7, 11) is 1.71. The van der Waals surface area contributed by atoms with E-state index in [0.29, 0.717) is 72.8 Å². The normalized spacial score (nSPS) is 23.3. The highest BCUT2D eigenvalue weighted by molar-refractivity contribution is 4.37. The molecule has 1 rings (SSSR count). The van der Waals surface area contributed by atoms with Crippen LogP contribution in [0.2, 0.25) is 0 Å². The molecule has 7 nitrogen and oxygen atoms in total. The fraction of sp³-hybridized carbons (Fsp3) is 1.00. The predicted molar refractivity (Wildman–Crippen MR) is 76.7 cm³/mol. The molecule has 0 radical (unpaired) electrons. The van der Waals surface area contributed by atoms with Crippen molar-refractivity contribution in [2.75, 3.05) is 93.0 Å². The number of hydrogen-bond donors (Lipinski definition) is 1. The Hall–Kier alpha value is -0.280. The Labute approximate surface area is 127 Å². The van der Waals surface area contributed by atoms with E-state index >= 15 is 0 Å². The number of ether oxygens (including phenoxy) is 6. The Balaban J connectivity index is 2.18. The average Bonchev–Trinajstić information content (AvgIpc) is 2.49. The van der Waals surface area contributed by atoms with Crippen LogP contribution in [0.3, 0.4) is 0 Å². The maximum atomic E-state index is 5.55. The zero-order valence-electron chi connectivity index (χ0n) is 13.1. The molecule has 126 valence electrons. The van der Waals surface area contributed by atoms with Gasteiger partial charge in [-0.2, -0.15) is 0 Å². The first kappa shape index (κ1) is 18.8. The van der Waals surface area contributed by atoms with Crippen molar-refractivity contribution in [2.45, 2.75) is 0 Å². The van der Waals surface area contributed by atoms with Crippen LogP contribution in [-0.4, -0.2) is 93.0 Å². The lowest BCUT2D eigenvalue weighted by Gasteiger charge is -2.18. The van der Waals surface area contributed by atoms with Crippen molar-refractivity contribution in [1.82, 2.24) is 0 Å². The Morgan fingerprint density at radius 1 is 0.619 bits per heavy atom. The van der Waals surface area contributed by atoms with E-state index in [1.807, 2.05) is 0 Å². The van der Waals surface area contributed by atoms with Crippen LogP contribution in [0.5, 0.6) is 0 Å². The fourth-order valence-corrected chi connectivity index (χ4v) is 1.89. The molecule has 1 heterocycles. The summed E-state index contributed by atoms with van der Waals surface area (Å²) < 4.78 is 32.5. The van der Waals surface area contributed by atoms with E-state index in [-0.39, 0.29) is 0 Å². The lowest BCUT2D eigenvalue weighted by atomic mass is 10.5. The molecule has 21 heavy (non-hydrogen) atoms. The third-order valence-electron chi connectivity index (χ3n) is 3.04. The molecule has 7 heteroatoms. The van der Waals surface area contributed by atoms with Crippen LogP contribution in [0.15, 0.2) is 0 Å². The van der Waals surface area contributed by atoms with Crippen LogP contribution in [0.25, 0.3) is 0 Å². The summed E-state index contributed by atoms with van der Waals surface area (Å²) in [6.45, 7) is 8.64. The Morgan fingerprint density at radius 3 is 1.29 bits per heavy atom. The number of quaternary nitrogens is 1. The van der Waals surface area contributed by atoms with Gasteiger partial charge in [-0.3, -0.25) is 0 Å². The lowest BCUT2D eigenvalue weighted by molar-refractivity contribution is -0.919. The van der Waals surface area contributed by atoms with E-state index in [0.717, 1.165) is 13.1 Å². The van der Waals surface area contributed by atoms with Gasteiger partial charge in [-0.05, 0) is 0 Å². The van der Waals surface area contributed by atoms with Crippen LogP contribution in [0, 0.1) is 0 Å². The molecular formula is C14H30NO6+. The third-order valence-corrected chi connectivity index (χ3v) is 3.04. The van der Waals surface area contributed by atoms with Gasteiger partial charge in [0.1, 0.15) is 13.1 Å². The monoisotopic (exact) mass is 308 g/mol. The summed E-state index contributed by atoms with van der Waals surface area (Å²) in [5, 5.41) is 0. The molecule has 0 aromatic carbocycles. The summed E-state index contributed by atoms with van der Waals surface area (Å²) in [4.78, 5) is 1.31. The highest BCUT2D eigenvalue weighted by Crippen LogP contribution is 1.84. The number of rotatable bonds is 2. The Kier molecular flexibility index (Phi) is 13.1. The van der Waals surface area contributed by atoms with Crippen LogP contribution in [0.4, 0.5) is 0 Å². The first-order valence-corrected chi connectivity index (χ1v) is 7.64. The molecule has 1 saturated heterocycles. The summed E-state index contributed by atoms with van der Waals surface area (Å²) in [6.07, 6.45) is 0. The highest BCUT2D eigenvalue weighted by atomic mass is 16.6. The number of nitrogens with one attached hydrogen (secondary N) is 1. The second kappa shape index (κ2) is 14.6. The first-order valence-electron chi connectivity index (χ1n) is 7.64. The zero-order chi connectivity index (χ0) is 15.0. The molecule has 1 N–H and O–H groups in total. The lowest BCUT2D eigenvalue weighted by Crippen LogP contribution is -3.13. The minimum absolute atomic E-state index is 0.589. The average molecular weight is 308 g/mol. The van der Waals surface area contributed by atoms with Crippen molar-refractivity contribution in [3.05, 3.63) is 0 Å². The minimum Gasteiger partial charge on any atom is -0.377 e. The van der Waals surface area contributed by atoms with Crippen LogP contribution in [0.1, 0.15) is 0 Å². The van der Waals surface area contributed by atoms with E-state index in [1.165, 1.54) is 4.90 Å². The van der Waals surface area contributed by atoms with Gasteiger partial charge in [-0.1, -0.05) is 0 Å². The van der Waals surface area contributed by atoms with Crippen LogP contribution >= 0.6 is 0 Å². The maximum absolute atomic E-state index is 5.55. The quantitative estimate of drug-likeness (QED) is 0.675. The van der Waals surface area contributed by atoms with Crippen LogP contribution < -0.4 is 4.90 Å². The van der Waals surface area contributed by atoms with Gasteiger partial charge in [-0.25, -0.2) is 0 Å². The zero-order valence-corrected chi connectivity index (χ0v) is 13.1. The van der Waals surface area contributed by atoms with Crippen LogP contribution in [-0.2, 0) is 28.4 Å². The molecule has 0 amide bonds. The third kappa shape index (κ3) is 12.0. The summed E-state index contributed by atoms with van der Waals surface area (Å²) in [5.41, 5.74) is 0. The number of methoxy groups -OCH3 is 1. The molecule has 0 atom stereocenters. The molecule has 0 saturated carbocycles. The Morgan fingerprint density at radius 2 is 0.952 bits per heavy atom. The molecule has 1 aliphatic heterocycles. The van der Waals surface area contributed by atoms with Crippen molar-refractivity contribution in [2.24, 2.45) is 0 Å². The number of hydrogen-bond acceptors (Lipinski definition) is 6. The van der Waals surface area contributed by atoms with E-state index in [2.05, 4.69) is 0 Å². The van der Waals surface area contributed by atoms with Gasteiger partial charge in [0.2, 0.25) is 0 Å². The van der Waals surface area contributed by atoms with Crippen molar-refractivity contribution in [3.63, 3.8) is 0 Å². The smallest absolute Gasteiger partial charge is 0.181 e. The Bertz CT molecular complexity index is 202. The summed E-state index contributed by atoms with van der Waals surface area (Å²) in [5.74, 6) is 0. The summed E-state index contributed by atoms with van der Waals surface area (Å²) >= 11 is 0. The second-order valence-electron chi connectivity index (χ2n) is 4.74. The van der Waals surface area contributed by atoms with Gasteiger partial charge >= 0.3 is 0 Å². The van der Waals surface area contributed by atoms with Gasteiger partial charge in [0.25, 0.3) is 0 Å².